The van der Waals surface area contributed by atoms with Crippen LogP contribution < -0.4 is 5.73 Å². The molecule has 1 fully saturated rings. The molecule has 0 aliphatic heterocycles. The number of aryl methyl sites for hydroxylation is 1. The zero-order valence-corrected chi connectivity index (χ0v) is 13.9. The number of thioether (sulfide) groups is 1. The summed E-state index contributed by atoms with van der Waals surface area (Å²) in [5.41, 5.74) is 7.77. The molecule has 3 nitrogen and oxygen atoms in total. The van der Waals surface area contributed by atoms with Gasteiger partial charge in [0.25, 0.3) is 0 Å². The third-order valence-electron chi connectivity index (χ3n) is 4.24. The van der Waals surface area contributed by atoms with Crippen molar-refractivity contribution in [3.05, 3.63) is 23.8 Å². The van der Waals surface area contributed by atoms with Gasteiger partial charge in [-0.15, -0.1) is 11.8 Å². The second kappa shape index (κ2) is 7.74. The molecule has 0 saturated heterocycles. The smallest absolute Gasteiger partial charge is 0.233 e. The van der Waals surface area contributed by atoms with E-state index in [1.54, 1.807) is 11.8 Å². The van der Waals surface area contributed by atoms with Crippen LogP contribution >= 0.6 is 11.8 Å². The molecular weight excluding hydrogens is 280 g/mol. The van der Waals surface area contributed by atoms with Gasteiger partial charge in [-0.1, -0.05) is 25.3 Å². The predicted octanol–water partition coefficient (Wildman–Crippen LogP) is 3.85. The van der Waals surface area contributed by atoms with Crippen LogP contribution in [0.15, 0.2) is 23.1 Å². The van der Waals surface area contributed by atoms with Crippen LogP contribution in [0, 0.1) is 6.92 Å². The summed E-state index contributed by atoms with van der Waals surface area (Å²) in [6.07, 6.45) is 6.18. The fraction of sp³-hybridized carbons (Fsp3) is 0.588. The lowest BCUT2D eigenvalue weighted by Gasteiger charge is -2.33. The minimum absolute atomic E-state index is 0.260. The summed E-state index contributed by atoms with van der Waals surface area (Å²) in [7, 11) is 0. The first-order valence-electron chi connectivity index (χ1n) is 7.90. The number of hydrogen-bond acceptors (Lipinski definition) is 3. The van der Waals surface area contributed by atoms with E-state index in [1.165, 1.54) is 37.7 Å². The van der Waals surface area contributed by atoms with E-state index >= 15 is 0 Å². The molecule has 1 aliphatic rings. The number of nitrogens with two attached hydrogens (primary N) is 1. The van der Waals surface area contributed by atoms with E-state index in [1.807, 2.05) is 18.2 Å². The highest BCUT2D eigenvalue weighted by Crippen LogP contribution is 2.27. The van der Waals surface area contributed by atoms with Crippen molar-refractivity contribution in [1.29, 1.82) is 0 Å². The zero-order valence-electron chi connectivity index (χ0n) is 13.1. The number of rotatable bonds is 5. The fourth-order valence-electron chi connectivity index (χ4n) is 3.03. The molecule has 1 amide bonds. The molecule has 0 aromatic heterocycles. The van der Waals surface area contributed by atoms with Gasteiger partial charge in [-0.2, -0.15) is 0 Å². The maximum absolute atomic E-state index is 12.5. The molecule has 0 atom stereocenters. The first kappa shape index (κ1) is 16.2. The summed E-state index contributed by atoms with van der Waals surface area (Å²) in [6.45, 7) is 4.97. The van der Waals surface area contributed by atoms with E-state index in [-0.39, 0.29) is 5.91 Å². The Bertz CT molecular complexity index is 484. The van der Waals surface area contributed by atoms with Crippen LogP contribution in [0.5, 0.6) is 0 Å². The van der Waals surface area contributed by atoms with Gasteiger partial charge in [-0.05, 0) is 44.4 Å². The van der Waals surface area contributed by atoms with Crippen molar-refractivity contribution < 1.29 is 4.79 Å². The summed E-state index contributed by atoms with van der Waals surface area (Å²) < 4.78 is 0. The molecule has 4 heteroatoms. The second-order valence-electron chi connectivity index (χ2n) is 5.79. The lowest BCUT2D eigenvalue weighted by atomic mass is 9.94. The average molecular weight is 306 g/mol. The summed E-state index contributed by atoms with van der Waals surface area (Å²) in [6, 6.07) is 6.34. The molecule has 1 aromatic rings. The molecule has 2 N–H and O–H groups in total. The van der Waals surface area contributed by atoms with Crippen LogP contribution in [0.4, 0.5) is 5.69 Å². The van der Waals surface area contributed by atoms with Crippen LogP contribution in [0.2, 0.25) is 0 Å². The van der Waals surface area contributed by atoms with Crippen LogP contribution in [-0.4, -0.2) is 29.1 Å². The molecule has 0 spiro atoms. The number of hydrogen-bond donors (Lipinski definition) is 1. The van der Waals surface area contributed by atoms with Crippen molar-refractivity contribution in [2.45, 2.75) is 56.9 Å². The molecule has 1 saturated carbocycles. The molecule has 21 heavy (non-hydrogen) atoms. The maximum atomic E-state index is 12.5. The topological polar surface area (TPSA) is 46.3 Å². The first-order valence-corrected chi connectivity index (χ1v) is 8.88. The van der Waals surface area contributed by atoms with Gasteiger partial charge in [0.05, 0.1) is 5.75 Å². The number of carbonyl (C=O) groups excluding carboxylic acids is 1. The van der Waals surface area contributed by atoms with Crippen LogP contribution in [0.25, 0.3) is 0 Å². The molecule has 0 bridgehead atoms. The lowest BCUT2D eigenvalue weighted by molar-refractivity contribution is -0.131. The normalized spacial score (nSPS) is 15.9. The van der Waals surface area contributed by atoms with Crippen molar-refractivity contribution in [3.63, 3.8) is 0 Å². The highest BCUT2D eigenvalue weighted by atomic mass is 32.2. The molecule has 116 valence electrons. The Hall–Kier alpha value is -1.16. The molecule has 1 aliphatic carbocycles. The summed E-state index contributed by atoms with van der Waals surface area (Å²) >= 11 is 1.61. The molecule has 1 aromatic carbocycles. The summed E-state index contributed by atoms with van der Waals surface area (Å²) in [5, 5.41) is 0. The molecule has 0 heterocycles. The third kappa shape index (κ3) is 4.40. The Kier molecular flexibility index (Phi) is 5.97. The van der Waals surface area contributed by atoms with Crippen molar-refractivity contribution in [2.24, 2.45) is 0 Å². The largest absolute Gasteiger partial charge is 0.399 e. The number of nitrogen functional groups attached to an aromatic ring is 1. The van der Waals surface area contributed by atoms with Gasteiger partial charge >= 0.3 is 0 Å². The second-order valence-corrected chi connectivity index (χ2v) is 6.80. The Morgan fingerprint density at radius 1 is 1.33 bits per heavy atom. The van der Waals surface area contributed by atoms with Crippen LogP contribution in [0.1, 0.15) is 44.6 Å². The lowest BCUT2D eigenvalue weighted by Crippen LogP contribution is -2.42. The molecule has 2 rings (SSSR count). The number of carbonyl (C=O) groups is 1. The van der Waals surface area contributed by atoms with E-state index < -0.39 is 0 Å². The molecule has 0 radical (unpaired) electrons. The SMILES string of the molecule is CCN(C(=O)CSc1cc(N)ccc1C)C1CCCCC1. The van der Waals surface area contributed by atoms with E-state index in [4.69, 9.17) is 5.73 Å². The van der Waals surface area contributed by atoms with Crippen LogP contribution in [-0.2, 0) is 4.79 Å². The quantitative estimate of drug-likeness (QED) is 0.664. The van der Waals surface area contributed by atoms with E-state index in [0.717, 1.165) is 17.1 Å². The first-order chi connectivity index (χ1) is 10.1. The Balaban J connectivity index is 1.94. The van der Waals surface area contributed by atoms with Crippen molar-refractivity contribution in [2.75, 3.05) is 18.0 Å². The highest BCUT2D eigenvalue weighted by molar-refractivity contribution is 8.00. The van der Waals surface area contributed by atoms with Gasteiger partial charge in [0, 0.05) is 23.2 Å². The number of anilines is 1. The zero-order chi connectivity index (χ0) is 15.2. The van der Waals surface area contributed by atoms with E-state index in [2.05, 4.69) is 18.7 Å². The number of nitrogens with zero attached hydrogens (tertiary/aromatic N) is 1. The Labute approximate surface area is 132 Å². The molecule has 0 unspecified atom stereocenters. The van der Waals surface area contributed by atoms with Crippen molar-refractivity contribution in [1.82, 2.24) is 4.90 Å². The van der Waals surface area contributed by atoms with Gasteiger partial charge in [0.2, 0.25) is 5.91 Å². The monoisotopic (exact) mass is 306 g/mol. The highest BCUT2D eigenvalue weighted by Gasteiger charge is 2.23. The fourth-order valence-corrected chi connectivity index (χ4v) is 3.99. The third-order valence-corrected chi connectivity index (χ3v) is 5.38. The number of amides is 1. The predicted molar refractivity (Wildman–Crippen MR) is 90.6 cm³/mol. The van der Waals surface area contributed by atoms with E-state index in [9.17, 15) is 4.79 Å². The van der Waals surface area contributed by atoms with Gasteiger partial charge in [0.1, 0.15) is 0 Å². The van der Waals surface area contributed by atoms with Gasteiger partial charge in [-0.25, -0.2) is 0 Å². The van der Waals surface area contributed by atoms with Gasteiger partial charge < -0.3 is 10.6 Å². The van der Waals surface area contributed by atoms with E-state index in [0.29, 0.717) is 11.8 Å². The summed E-state index contributed by atoms with van der Waals surface area (Å²) in [4.78, 5) is 15.7. The standard InChI is InChI=1S/C17H26N2OS/c1-3-19(15-7-5-4-6-8-15)17(20)12-21-16-11-14(18)10-9-13(16)2/h9-11,15H,3-8,12,18H2,1-2H3. The van der Waals surface area contributed by atoms with Crippen molar-refractivity contribution >= 4 is 23.4 Å². The molecular formula is C17H26N2OS. The minimum atomic E-state index is 0.260. The van der Waals surface area contributed by atoms with Gasteiger partial charge in [-0.3, -0.25) is 4.79 Å². The summed E-state index contributed by atoms with van der Waals surface area (Å²) in [5.74, 6) is 0.769. The van der Waals surface area contributed by atoms with Crippen molar-refractivity contribution in [3.8, 4) is 0 Å². The van der Waals surface area contributed by atoms with Gasteiger partial charge in [0.15, 0.2) is 0 Å². The maximum Gasteiger partial charge on any atom is 0.233 e. The number of benzene rings is 1. The Morgan fingerprint density at radius 3 is 2.71 bits per heavy atom. The van der Waals surface area contributed by atoms with Crippen LogP contribution in [0.3, 0.4) is 0 Å². The minimum Gasteiger partial charge on any atom is -0.399 e. The Morgan fingerprint density at radius 2 is 2.05 bits per heavy atom. The average Bonchev–Trinajstić information content (AvgIpc) is 2.50.